The number of aryl methyl sites for hydroxylation is 1. The number of hydrogen-bond acceptors (Lipinski definition) is 5. The van der Waals surface area contributed by atoms with E-state index >= 15 is 0 Å². The first kappa shape index (κ1) is 14.2. The van der Waals surface area contributed by atoms with Gasteiger partial charge >= 0.3 is 5.97 Å². The lowest BCUT2D eigenvalue weighted by Crippen LogP contribution is -2.41. The lowest BCUT2D eigenvalue weighted by Gasteiger charge is -2.25. The van der Waals surface area contributed by atoms with Crippen molar-refractivity contribution in [3.8, 4) is 0 Å². The Bertz CT molecular complexity index is 425. The Kier molecular flexibility index (Phi) is 4.88. The molecule has 0 aliphatic rings. The van der Waals surface area contributed by atoms with E-state index in [9.17, 15) is 9.59 Å². The number of nitrogens with zero attached hydrogens (tertiary/aromatic N) is 2. The van der Waals surface area contributed by atoms with E-state index in [1.165, 1.54) is 11.1 Å². The van der Waals surface area contributed by atoms with Crippen molar-refractivity contribution in [3.63, 3.8) is 0 Å². The summed E-state index contributed by atoms with van der Waals surface area (Å²) in [6, 6.07) is -0.115. The van der Waals surface area contributed by atoms with Crippen molar-refractivity contribution in [3.05, 3.63) is 17.5 Å². The van der Waals surface area contributed by atoms with Gasteiger partial charge in [0, 0.05) is 6.04 Å². The molecule has 0 unspecified atom stereocenters. The van der Waals surface area contributed by atoms with Crippen LogP contribution in [0.1, 0.15) is 36.9 Å². The quantitative estimate of drug-likeness (QED) is 0.742. The highest BCUT2D eigenvalue weighted by Gasteiger charge is 2.25. The summed E-state index contributed by atoms with van der Waals surface area (Å²) in [5.74, 6) is -0.264. The SMILES string of the molecule is CCOC(=O)CN(C(=O)c1cnoc1C)C(C)C. The molecule has 0 radical (unpaired) electrons. The van der Waals surface area contributed by atoms with E-state index in [2.05, 4.69) is 5.16 Å². The maximum atomic E-state index is 12.2. The van der Waals surface area contributed by atoms with Gasteiger partial charge in [-0.25, -0.2) is 0 Å². The Balaban J connectivity index is 2.83. The van der Waals surface area contributed by atoms with Crippen LogP contribution in [-0.2, 0) is 9.53 Å². The Morgan fingerprint density at radius 3 is 2.61 bits per heavy atom. The monoisotopic (exact) mass is 254 g/mol. The van der Waals surface area contributed by atoms with Crippen LogP contribution < -0.4 is 0 Å². The molecule has 1 amide bonds. The molecule has 0 aliphatic carbocycles. The predicted molar refractivity (Wildman–Crippen MR) is 64.0 cm³/mol. The van der Waals surface area contributed by atoms with Gasteiger partial charge in [0.05, 0.1) is 12.8 Å². The zero-order valence-corrected chi connectivity index (χ0v) is 11.1. The fourth-order valence-corrected chi connectivity index (χ4v) is 1.49. The minimum absolute atomic E-state index is 0.0744. The summed E-state index contributed by atoms with van der Waals surface area (Å²) in [6.45, 7) is 7.27. The van der Waals surface area contributed by atoms with Crippen molar-refractivity contribution in [2.24, 2.45) is 0 Å². The van der Waals surface area contributed by atoms with Crippen molar-refractivity contribution in [2.75, 3.05) is 13.2 Å². The topological polar surface area (TPSA) is 72.6 Å². The first-order chi connectivity index (χ1) is 8.47. The second kappa shape index (κ2) is 6.18. The van der Waals surface area contributed by atoms with Crippen LogP contribution in [0.3, 0.4) is 0 Å². The molecule has 1 aromatic rings. The van der Waals surface area contributed by atoms with Crippen LogP contribution in [-0.4, -0.2) is 41.1 Å². The third-order valence-electron chi connectivity index (χ3n) is 2.47. The molecule has 0 aliphatic heterocycles. The fourth-order valence-electron chi connectivity index (χ4n) is 1.49. The van der Waals surface area contributed by atoms with Crippen molar-refractivity contribution in [1.82, 2.24) is 10.1 Å². The van der Waals surface area contributed by atoms with Crippen LogP contribution in [0.15, 0.2) is 10.7 Å². The van der Waals surface area contributed by atoms with Gasteiger partial charge in [-0.2, -0.15) is 0 Å². The van der Waals surface area contributed by atoms with Gasteiger partial charge in [0.1, 0.15) is 17.9 Å². The second-order valence-electron chi connectivity index (χ2n) is 4.13. The van der Waals surface area contributed by atoms with Gasteiger partial charge in [-0.15, -0.1) is 0 Å². The Morgan fingerprint density at radius 2 is 2.17 bits per heavy atom. The van der Waals surface area contributed by atoms with Gasteiger partial charge in [-0.05, 0) is 27.7 Å². The minimum atomic E-state index is -0.423. The molecular weight excluding hydrogens is 236 g/mol. The summed E-state index contributed by atoms with van der Waals surface area (Å²) in [6.07, 6.45) is 1.36. The molecule has 0 spiro atoms. The van der Waals surface area contributed by atoms with E-state index in [0.717, 1.165) is 0 Å². The number of ether oxygens (including phenoxy) is 1. The van der Waals surface area contributed by atoms with Crippen molar-refractivity contribution >= 4 is 11.9 Å². The molecule has 0 saturated heterocycles. The first-order valence-corrected chi connectivity index (χ1v) is 5.85. The third kappa shape index (κ3) is 3.32. The molecule has 18 heavy (non-hydrogen) atoms. The number of carbonyl (C=O) groups excluding carboxylic acids is 2. The Hall–Kier alpha value is -1.85. The Morgan fingerprint density at radius 1 is 1.50 bits per heavy atom. The smallest absolute Gasteiger partial charge is 0.325 e. The molecule has 0 saturated carbocycles. The van der Waals surface area contributed by atoms with Crippen LogP contribution >= 0.6 is 0 Å². The van der Waals surface area contributed by atoms with E-state index in [1.807, 2.05) is 13.8 Å². The number of carbonyl (C=O) groups is 2. The van der Waals surface area contributed by atoms with E-state index < -0.39 is 5.97 Å². The highest BCUT2D eigenvalue weighted by molar-refractivity contribution is 5.96. The van der Waals surface area contributed by atoms with Crippen molar-refractivity contribution < 1.29 is 18.8 Å². The Labute approximate surface area is 106 Å². The molecule has 0 fully saturated rings. The van der Waals surface area contributed by atoms with Crippen LogP contribution in [0.2, 0.25) is 0 Å². The highest BCUT2D eigenvalue weighted by atomic mass is 16.5. The van der Waals surface area contributed by atoms with E-state index in [0.29, 0.717) is 17.9 Å². The molecule has 6 heteroatoms. The molecule has 100 valence electrons. The van der Waals surface area contributed by atoms with E-state index in [1.54, 1.807) is 13.8 Å². The summed E-state index contributed by atoms with van der Waals surface area (Å²) in [7, 11) is 0. The molecular formula is C12H18N2O4. The molecule has 1 aromatic heterocycles. The van der Waals surface area contributed by atoms with Crippen molar-refractivity contribution in [1.29, 1.82) is 0 Å². The van der Waals surface area contributed by atoms with Gasteiger partial charge in [0.15, 0.2) is 0 Å². The second-order valence-corrected chi connectivity index (χ2v) is 4.13. The van der Waals surface area contributed by atoms with Gasteiger partial charge in [-0.1, -0.05) is 5.16 Å². The molecule has 0 atom stereocenters. The van der Waals surface area contributed by atoms with E-state index in [4.69, 9.17) is 9.26 Å². The lowest BCUT2D eigenvalue weighted by atomic mass is 10.2. The third-order valence-corrected chi connectivity index (χ3v) is 2.47. The van der Waals surface area contributed by atoms with Crippen LogP contribution in [0.4, 0.5) is 0 Å². The average molecular weight is 254 g/mol. The van der Waals surface area contributed by atoms with Crippen LogP contribution in [0.5, 0.6) is 0 Å². The molecule has 1 heterocycles. The predicted octanol–water partition coefficient (Wildman–Crippen LogP) is 1.40. The molecule has 1 rings (SSSR count). The van der Waals surface area contributed by atoms with E-state index in [-0.39, 0.29) is 18.5 Å². The summed E-state index contributed by atoms with van der Waals surface area (Å²) in [5, 5.41) is 3.56. The summed E-state index contributed by atoms with van der Waals surface area (Å²) in [5.41, 5.74) is 0.369. The molecule has 0 N–H and O–H groups in total. The molecule has 0 aromatic carbocycles. The number of amides is 1. The summed E-state index contributed by atoms with van der Waals surface area (Å²) in [4.78, 5) is 25.1. The maximum absolute atomic E-state index is 12.2. The minimum Gasteiger partial charge on any atom is -0.465 e. The van der Waals surface area contributed by atoms with Gasteiger partial charge < -0.3 is 14.2 Å². The largest absolute Gasteiger partial charge is 0.465 e. The van der Waals surface area contributed by atoms with Crippen molar-refractivity contribution in [2.45, 2.75) is 33.7 Å². The fraction of sp³-hybridized carbons (Fsp3) is 0.583. The lowest BCUT2D eigenvalue weighted by molar-refractivity contribution is -0.144. The normalized spacial score (nSPS) is 10.5. The van der Waals surface area contributed by atoms with Gasteiger partial charge in [-0.3, -0.25) is 9.59 Å². The molecule has 6 nitrogen and oxygen atoms in total. The average Bonchev–Trinajstić information content (AvgIpc) is 2.71. The van der Waals surface area contributed by atoms with Crippen LogP contribution in [0, 0.1) is 6.92 Å². The number of hydrogen-bond donors (Lipinski definition) is 0. The number of aromatic nitrogens is 1. The first-order valence-electron chi connectivity index (χ1n) is 5.85. The maximum Gasteiger partial charge on any atom is 0.325 e. The van der Waals surface area contributed by atoms with Gasteiger partial charge in [0.25, 0.3) is 5.91 Å². The molecule has 0 bridgehead atoms. The highest BCUT2D eigenvalue weighted by Crippen LogP contribution is 2.12. The zero-order valence-electron chi connectivity index (χ0n) is 11.1. The summed E-state index contributed by atoms with van der Waals surface area (Å²) >= 11 is 0. The summed E-state index contributed by atoms with van der Waals surface area (Å²) < 4.78 is 9.70. The van der Waals surface area contributed by atoms with Gasteiger partial charge in [0.2, 0.25) is 0 Å². The van der Waals surface area contributed by atoms with Crippen LogP contribution in [0.25, 0.3) is 0 Å². The number of esters is 1. The number of rotatable bonds is 5. The zero-order chi connectivity index (χ0) is 13.7. The standard InChI is InChI=1S/C12H18N2O4/c1-5-17-11(15)7-14(8(2)3)12(16)10-6-13-18-9(10)4/h6,8H,5,7H2,1-4H3.